The Labute approximate surface area is 167 Å². The summed E-state index contributed by atoms with van der Waals surface area (Å²) in [5, 5.41) is 10.1. The van der Waals surface area contributed by atoms with Gasteiger partial charge in [-0.2, -0.15) is 13.2 Å². The van der Waals surface area contributed by atoms with Gasteiger partial charge in [-0.05, 0) is 55.7 Å². The van der Waals surface area contributed by atoms with Crippen LogP contribution in [0, 0.1) is 5.92 Å². The highest BCUT2D eigenvalue weighted by Gasteiger charge is 2.38. The standard InChI is InChI=1S/C17H25N3O2.C2HF3O2/c1-12(2)19-17(21)20-6-5-16-14(9-20)7-18-8-15(16)11-22-10-13-3-4-13;3-2(4,5)1(6)7/h7-8,12-13H,3-6,9-11H2,1-2H3,(H,19,21);(H,6,7). The number of aromatic nitrogens is 1. The molecular formula is C19H26F3N3O4. The second kappa shape index (κ2) is 9.91. The van der Waals surface area contributed by atoms with Crippen molar-refractivity contribution in [2.24, 2.45) is 5.92 Å². The smallest absolute Gasteiger partial charge is 0.475 e. The Morgan fingerprint density at radius 2 is 2.00 bits per heavy atom. The van der Waals surface area contributed by atoms with E-state index in [9.17, 15) is 18.0 Å². The first-order valence-corrected chi connectivity index (χ1v) is 9.45. The molecule has 0 bridgehead atoms. The summed E-state index contributed by atoms with van der Waals surface area (Å²) in [5.74, 6) is -1.98. The van der Waals surface area contributed by atoms with Crippen LogP contribution in [0.1, 0.15) is 43.4 Å². The molecule has 1 aliphatic carbocycles. The predicted octanol–water partition coefficient (Wildman–Crippen LogP) is 3.12. The highest BCUT2D eigenvalue weighted by molar-refractivity contribution is 5.75. The van der Waals surface area contributed by atoms with Crippen molar-refractivity contribution in [2.75, 3.05) is 13.2 Å². The number of pyridine rings is 1. The Hall–Kier alpha value is -2.36. The van der Waals surface area contributed by atoms with Gasteiger partial charge in [-0.3, -0.25) is 4.98 Å². The second-order valence-electron chi connectivity index (χ2n) is 7.47. The first-order valence-electron chi connectivity index (χ1n) is 9.45. The minimum Gasteiger partial charge on any atom is -0.475 e. The molecule has 29 heavy (non-hydrogen) atoms. The Kier molecular flexibility index (Phi) is 7.83. The largest absolute Gasteiger partial charge is 0.490 e. The number of aliphatic carboxylic acids is 1. The van der Waals surface area contributed by atoms with Gasteiger partial charge >= 0.3 is 18.2 Å². The van der Waals surface area contributed by atoms with Crippen LogP contribution in [-0.2, 0) is 29.1 Å². The minimum atomic E-state index is -5.08. The molecule has 10 heteroatoms. The van der Waals surface area contributed by atoms with Gasteiger partial charge in [0.15, 0.2) is 0 Å². The Bertz CT molecular complexity index is 721. The molecule has 0 spiro atoms. The topological polar surface area (TPSA) is 91.8 Å². The Balaban J connectivity index is 0.000000370. The summed E-state index contributed by atoms with van der Waals surface area (Å²) in [6.07, 6.45) is 2.21. The maximum Gasteiger partial charge on any atom is 0.490 e. The van der Waals surface area contributed by atoms with Crippen molar-refractivity contribution >= 4 is 12.0 Å². The van der Waals surface area contributed by atoms with E-state index in [2.05, 4.69) is 10.3 Å². The first-order chi connectivity index (χ1) is 13.6. The third kappa shape index (κ3) is 7.52. The van der Waals surface area contributed by atoms with Gasteiger partial charge < -0.3 is 20.1 Å². The molecule has 0 atom stereocenters. The van der Waals surface area contributed by atoms with Crippen LogP contribution in [0.5, 0.6) is 0 Å². The summed E-state index contributed by atoms with van der Waals surface area (Å²) in [4.78, 5) is 27.2. The van der Waals surface area contributed by atoms with E-state index < -0.39 is 12.1 Å². The van der Waals surface area contributed by atoms with E-state index >= 15 is 0 Å². The summed E-state index contributed by atoms with van der Waals surface area (Å²) >= 11 is 0. The first kappa shape index (κ1) is 22.9. The maximum absolute atomic E-state index is 12.1. The summed E-state index contributed by atoms with van der Waals surface area (Å²) in [7, 11) is 0. The lowest BCUT2D eigenvalue weighted by molar-refractivity contribution is -0.192. The van der Waals surface area contributed by atoms with E-state index in [1.165, 1.54) is 24.0 Å². The second-order valence-corrected chi connectivity index (χ2v) is 7.47. The van der Waals surface area contributed by atoms with E-state index in [1.807, 2.05) is 31.1 Å². The SMILES string of the molecule is CC(C)NC(=O)N1CCc2c(COCC3CC3)cncc2C1.O=C(O)C(F)(F)F. The molecule has 2 aliphatic rings. The van der Waals surface area contributed by atoms with Crippen LogP contribution in [0.4, 0.5) is 18.0 Å². The van der Waals surface area contributed by atoms with Crippen molar-refractivity contribution < 1.29 is 32.6 Å². The number of nitrogens with one attached hydrogen (secondary N) is 1. The number of carbonyl (C=O) groups excluding carboxylic acids is 1. The fraction of sp³-hybridized carbons (Fsp3) is 0.632. The number of urea groups is 1. The molecule has 0 aromatic carbocycles. The number of alkyl halides is 3. The van der Waals surface area contributed by atoms with Crippen molar-refractivity contribution in [3.63, 3.8) is 0 Å². The van der Waals surface area contributed by atoms with Crippen molar-refractivity contribution in [3.05, 3.63) is 29.1 Å². The van der Waals surface area contributed by atoms with Gasteiger partial charge in [-0.1, -0.05) is 0 Å². The predicted molar refractivity (Wildman–Crippen MR) is 98.1 cm³/mol. The number of halogens is 3. The summed E-state index contributed by atoms with van der Waals surface area (Å²) in [5.41, 5.74) is 3.65. The molecular weight excluding hydrogens is 391 g/mol. The number of ether oxygens (including phenoxy) is 1. The lowest BCUT2D eigenvalue weighted by Crippen LogP contribution is -2.45. The highest BCUT2D eigenvalue weighted by atomic mass is 19.4. The van der Waals surface area contributed by atoms with Gasteiger partial charge in [0.2, 0.25) is 0 Å². The molecule has 0 unspecified atom stereocenters. The van der Waals surface area contributed by atoms with E-state index in [0.717, 1.165) is 31.1 Å². The summed E-state index contributed by atoms with van der Waals surface area (Å²) < 4.78 is 37.5. The molecule has 0 saturated heterocycles. The summed E-state index contributed by atoms with van der Waals surface area (Å²) in [6.45, 7) is 6.86. The van der Waals surface area contributed by atoms with Crippen LogP contribution in [0.3, 0.4) is 0 Å². The molecule has 3 rings (SSSR count). The normalized spacial score (nSPS) is 16.0. The molecule has 7 nitrogen and oxygen atoms in total. The van der Waals surface area contributed by atoms with Gasteiger partial charge in [0.25, 0.3) is 0 Å². The van der Waals surface area contributed by atoms with Crippen LogP contribution in [0.2, 0.25) is 0 Å². The van der Waals surface area contributed by atoms with E-state index in [4.69, 9.17) is 14.6 Å². The number of rotatable bonds is 5. The zero-order valence-electron chi connectivity index (χ0n) is 16.5. The number of carbonyl (C=O) groups is 2. The van der Waals surface area contributed by atoms with E-state index in [-0.39, 0.29) is 12.1 Å². The number of carboxylic acids is 1. The average Bonchev–Trinajstić information content (AvgIpc) is 3.45. The number of carboxylic acid groups (broad SMARTS) is 1. The molecule has 2 amide bonds. The molecule has 162 valence electrons. The number of fused-ring (bicyclic) bond motifs is 1. The molecule has 1 aliphatic heterocycles. The monoisotopic (exact) mass is 417 g/mol. The minimum absolute atomic E-state index is 0.0102. The molecule has 2 heterocycles. The Morgan fingerprint density at radius 3 is 2.55 bits per heavy atom. The quantitative estimate of drug-likeness (QED) is 0.768. The van der Waals surface area contributed by atoms with Crippen molar-refractivity contribution in [2.45, 2.75) is 58.5 Å². The zero-order chi connectivity index (χ0) is 21.6. The Morgan fingerprint density at radius 1 is 1.34 bits per heavy atom. The van der Waals surface area contributed by atoms with E-state index in [0.29, 0.717) is 13.2 Å². The van der Waals surface area contributed by atoms with Gasteiger partial charge in [0, 0.05) is 38.1 Å². The number of nitrogens with zero attached hydrogens (tertiary/aromatic N) is 2. The van der Waals surface area contributed by atoms with Gasteiger partial charge in [0.05, 0.1) is 6.61 Å². The number of hydrogen-bond acceptors (Lipinski definition) is 4. The lowest BCUT2D eigenvalue weighted by atomic mass is 9.97. The van der Waals surface area contributed by atoms with Crippen LogP contribution >= 0.6 is 0 Å². The average molecular weight is 417 g/mol. The fourth-order valence-corrected chi connectivity index (χ4v) is 2.82. The van der Waals surface area contributed by atoms with Gasteiger partial charge in [0.1, 0.15) is 0 Å². The van der Waals surface area contributed by atoms with Crippen LogP contribution in [0.15, 0.2) is 12.4 Å². The molecule has 1 saturated carbocycles. The zero-order valence-corrected chi connectivity index (χ0v) is 16.5. The number of hydrogen-bond donors (Lipinski definition) is 2. The summed E-state index contributed by atoms with van der Waals surface area (Å²) in [6, 6.07) is 0.171. The van der Waals surface area contributed by atoms with E-state index in [1.54, 1.807) is 0 Å². The molecule has 0 radical (unpaired) electrons. The third-order valence-electron chi connectivity index (χ3n) is 4.48. The highest BCUT2D eigenvalue weighted by Crippen LogP contribution is 2.29. The third-order valence-corrected chi connectivity index (χ3v) is 4.48. The molecule has 1 fully saturated rings. The van der Waals surface area contributed by atoms with Gasteiger partial charge in [-0.25, -0.2) is 9.59 Å². The van der Waals surface area contributed by atoms with Crippen LogP contribution in [-0.4, -0.2) is 52.4 Å². The van der Waals surface area contributed by atoms with Crippen molar-refractivity contribution in [1.29, 1.82) is 0 Å². The molecule has 1 aromatic rings. The van der Waals surface area contributed by atoms with Gasteiger partial charge in [-0.15, -0.1) is 0 Å². The lowest BCUT2D eigenvalue weighted by Gasteiger charge is -2.30. The van der Waals surface area contributed by atoms with Crippen molar-refractivity contribution in [1.82, 2.24) is 15.2 Å². The fourth-order valence-electron chi connectivity index (χ4n) is 2.82. The van der Waals surface area contributed by atoms with Crippen molar-refractivity contribution in [3.8, 4) is 0 Å². The molecule has 2 N–H and O–H groups in total. The number of amides is 2. The maximum atomic E-state index is 12.1. The molecule has 1 aromatic heterocycles. The van der Waals surface area contributed by atoms with Crippen LogP contribution in [0.25, 0.3) is 0 Å². The van der Waals surface area contributed by atoms with Crippen LogP contribution < -0.4 is 5.32 Å².